The molecule has 13 aromatic rings. The van der Waals surface area contributed by atoms with Crippen molar-refractivity contribution in [2.24, 2.45) is 0 Å². The summed E-state index contributed by atoms with van der Waals surface area (Å²) in [6.45, 7) is 0. The first-order valence-corrected chi connectivity index (χ1v) is 23.4. The van der Waals surface area contributed by atoms with Crippen LogP contribution in [0.4, 0.5) is 0 Å². The molecule has 0 radical (unpaired) electrons. The first kappa shape index (κ1) is 40.1. The fourth-order valence-corrected chi connectivity index (χ4v) is 10.0. The third kappa shape index (κ3) is 7.23. The van der Waals surface area contributed by atoms with Crippen LogP contribution < -0.4 is 0 Å². The molecule has 0 N–H and O–H groups in total. The lowest BCUT2D eigenvalue weighted by Gasteiger charge is -2.13. The van der Waals surface area contributed by atoms with Crippen LogP contribution >= 0.6 is 0 Å². The van der Waals surface area contributed by atoms with Crippen molar-refractivity contribution < 1.29 is 0 Å². The molecule has 3 heterocycles. The molecule has 4 nitrogen and oxygen atoms in total. The molecule has 0 aliphatic rings. The fraction of sp³-hybridized carbons (Fsp3) is 0. The van der Waals surface area contributed by atoms with Crippen LogP contribution in [-0.2, 0) is 0 Å². The molecule has 0 unspecified atom stereocenters. The summed E-state index contributed by atoms with van der Waals surface area (Å²) >= 11 is 0. The minimum absolute atomic E-state index is 0.680. The van der Waals surface area contributed by atoms with Gasteiger partial charge in [0, 0.05) is 54.9 Å². The van der Waals surface area contributed by atoms with E-state index in [1.165, 1.54) is 49.4 Å². The van der Waals surface area contributed by atoms with Crippen molar-refractivity contribution in [2.45, 2.75) is 0 Å². The Kier molecular flexibility index (Phi) is 9.80. The largest absolute Gasteiger partial charge is 0.309 e. The average Bonchev–Trinajstić information content (AvgIpc) is 3.78. The standard InChI is InChI=1S/C65H42N4/c1-4-14-43(15-5-1)45-24-32-49(33-25-45)58-42-59(50-34-26-46(27-35-50)44-16-6-2-7-17-44)68-65(67-58)52-38-30-48(31-39-52)47-28-36-51(37-29-47)64-56-40-41-61-63(62(56)54-20-10-12-22-57(54)66-64)55-21-11-13-23-60(55)69(61)53-18-8-3-9-19-53/h1-42H. The molecule has 322 valence electrons. The van der Waals surface area contributed by atoms with E-state index in [0.29, 0.717) is 5.82 Å². The summed E-state index contributed by atoms with van der Waals surface area (Å²) in [4.78, 5) is 15.7. The van der Waals surface area contributed by atoms with E-state index in [-0.39, 0.29) is 0 Å². The summed E-state index contributed by atoms with van der Waals surface area (Å²) in [5, 5.41) is 5.98. The Hall–Kier alpha value is -9.25. The summed E-state index contributed by atoms with van der Waals surface area (Å²) in [6, 6.07) is 90.3. The van der Waals surface area contributed by atoms with Crippen LogP contribution in [-0.4, -0.2) is 19.5 Å². The molecule has 13 rings (SSSR count). The molecule has 3 aromatic heterocycles. The molecule has 0 fully saturated rings. The lowest BCUT2D eigenvalue weighted by Crippen LogP contribution is -1.96. The molecule has 0 aliphatic carbocycles. The number of para-hydroxylation sites is 3. The Morgan fingerprint density at radius 2 is 0.696 bits per heavy atom. The minimum atomic E-state index is 0.680. The molecule has 10 aromatic carbocycles. The Bertz CT molecular complexity index is 3890. The van der Waals surface area contributed by atoms with Crippen LogP contribution in [0.25, 0.3) is 128 Å². The van der Waals surface area contributed by atoms with Crippen LogP contribution in [0, 0.1) is 0 Å². The number of rotatable bonds is 8. The molecule has 0 aliphatic heterocycles. The van der Waals surface area contributed by atoms with Gasteiger partial charge in [-0.15, -0.1) is 0 Å². The predicted molar refractivity (Wildman–Crippen MR) is 287 cm³/mol. The number of benzene rings is 10. The van der Waals surface area contributed by atoms with E-state index in [2.05, 4.69) is 247 Å². The topological polar surface area (TPSA) is 43.6 Å². The molecular formula is C65H42N4. The van der Waals surface area contributed by atoms with Gasteiger partial charge in [0.15, 0.2) is 5.82 Å². The summed E-state index contributed by atoms with van der Waals surface area (Å²) in [6.07, 6.45) is 0. The lowest BCUT2D eigenvalue weighted by molar-refractivity contribution is 1.18. The van der Waals surface area contributed by atoms with Gasteiger partial charge >= 0.3 is 0 Å². The number of aromatic nitrogens is 4. The van der Waals surface area contributed by atoms with Gasteiger partial charge in [0.2, 0.25) is 0 Å². The minimum Gasteiger partial charge on any atom is -0.309 e. The van der Waals surface area contributed by atoms with E-state index < -0.39 is 0 Å². The van der Waals surface area contributed by atoms with Crippen molar-refractivity contribution in [2.75, 3.05) is 0 Å². The van der Waals surface area contributed by atoms with Crippen molar-refractivity contribution in [1.82, 2.24) is 19.5 Å². The number of nitrogens with zero attached hydrogens (tertiary/aromatic N) is 4. The van der Waals surface area contributed by atoms with Crippen LogP contribution in [0.2, 0.25) is 0 Å². The van der Waals surface area contributed by atoms with Crippen LogP contribution in [0.3, 0.4) is 0 Å². The van der Waals surface area contributed by atoms with Crippen molar-refractivity contribution in [3.05, 3.63) is 255 Å². The Morgan fingerprint density at radius 1 is 0.261 bits per heavy atom. The van der Waals surface area contributed by atoms with Crippen molar-refractivity contribution in [3.8, 4) is 84.2 Å². The molecule has 0 amide bonds. The van der Waals surface area contributed by atoms with E-state index >= 15 is 0 Å². The molecular weight excluding hydrogens is 837 g/mol. The second kappa shape index (κ2) is 16.9. The van der Waals surface area contributed by atoms with Gasteiger partial charge in [-0.2, -0.15) is 0 Å². The van der Waals surface area contributed by atoms with Gasteiger partial charge < -0.3 is 4.57 Å². The molecule has 0 saturated carbocycles. The summed E-state index contributed by atoms with van der Waals surface area (Å²) in [5.41, 5.74) is 18.2. The van der Waals surface area contributed by atoms with Crippen LogP contribution in [0.1, 0.15) is 0 Å². The lowest BCUT2D eigenvalue weighted by atomic mass is 9.95. The SMILES string of the molecule is c1ccc(-c2ccc(-c3cc(-c4ccc(-c5ccccc5)cc4)nc(-c4ccc(-c5ccc(-c6nc7ccccc7c7c6ccc6c7c7ccccc7n6-c6ccccc6)cc5)cc4)n3)cc2)cc1. The van der Waals surface area contributed by atoms with Crippen molar-refractivity contribution in [1.29, 1.82) is 0 Å². The Morgan fingerprint density at radius 3 is 1.26 bits per heavy atom. The zero-order valence-corrected chi connectivity index (χ0v) is 37.5. The van der Waals surface area contributed by atoms with Crippen molar-refractivity contribution >= 4 is 43.5 Å². The van der Waals surface area contributed by atoms with Crippen LogP contribution in [0.15, 0.2) is 255 Å². The highest BCUT2D eigenvalue weighted by Crippen LogP contribution is 2.43. The fourth-order valence-electron chi connectivity index (χ4n) is 10.0. The number of hydrogen-bond acceptors (Lipinski definition) is 3. The highest BCUT2D eigenvalue weighted by molar-refractivity contribution is 6.29. The summed E-state index contributed by atoms with van der Waals surface area (Å²) in [7, 11) is 0. The first-order chi connectivity index (χ1) is 34.2. The maximum absolute atomic E-state index is 5.35. The van der Waals surface area contributed by atoms with Crippen LogP contribution in [0.5, 0.6) is 0 Å². The Labute approximate surface area is 400 Å². The number of pyridine rings is 1. The zero-order chi connectivity index (χ0) is 45.7. The average molecular weight is 879 g/mol. The van der Waals surface area contributed by atoms with Gasteiger partial charge in [-0.3, -0.25) is 0 Å². The van der Waals surface area contributed by atoms with Gasteiger partial charge in [-0.1, -0.05) is 218 Å². The maximum atomic E-state index is 5.35. The summed E-state index contributed by atoms with van der Waals surface area (Å²) in [5.74, 6) is 0.680. The molecule has 0 atom stereocenters. The highest BCUT2D eigenvalue weighted by Gasteiger charge is 2.20. The first-order valence-electron chi connectivity index (χ1n) is 23.4. The molecule has 0 spiro atoms. The quantitative estimate of drug-likeness (QED) is 0.143. The van der Waals surface area contributed by atoms with Crippen molar-refractivity contribution in [3.63, 3.8) is 0 Å². The van der Waals surface area contributed by atoms with E-state index in [0.717, 1.165) is 72.4 Å². The Balaban J connectivity index is 0.862. The van der Waals surface area contributed by atoms with E-state index in [1.54, 1.807) is 0 Å². The smallest absolute Gasteiger partial charge is 0.160 e. The van der Waals surface area contributed by atoms with E-state index in [4.69, 9.17) is 15.0 Å². The second-order valence-electron chi connectivity index (χ2n) is 17.6. The monoisotopic (exact) mass is 878 g/mol. The molecule has 0 saturated heterocycles. The number of hydrogen-bond donors (Lipinski definition) is 0. The van der Waals surface area contributed by atoms with Gasteiger partial charge in [-0.25, -0.2) is 15.0 Å². The van der Waals surface area contributed by atoms with Gasteiger partial charge in [0.1, 0.15) is 0 Å². The predicted octanol–water partition coefficient (Wildman–Crippen LogP) is 16.9. The van der Waals surface area contributed by atoms with Gasteiger partial charge in [0.25, 0.3) is 0 Å². The third-order valence-corrected chi connectivity index (χ3v) is 13.5. The molecule has 4 heteroatoms. The van der Waals surface area contributed by atoms with E-state index in [1.807, 2.05) is 12.1 Å². The van der Waals surface area contributed by atoms with Gasteiger partial charge in [0.05, 0.1) is 33.6 Å². The molecule has 0 bridgehead atoms. The highest BCUT2D eigenvalue weighted by atomic mass is 15.0. The summed E-state index contributed by atoms with van der Waals surface area (Å²) < 4.78 is 2.39. The van der Waals surface area contributed by atoms with Gasteiger partial charge in [-0.05, 0) is 69.8 Å². The third-order valence-electron chi connectivity index (χ3n) is 13.5. The maximum Gasteiger partial charge on any atom is 0.160 e. The second-order valence-corrected chi connectivity index (χ2v) is 17.6. The van der Waals surface area contributed by atoms with E-state index in [9.17, 15) is 0 Å². The molecule has 69 heavy (non-hydrogen) atoms. The normalized spacial score (nSPS) is 11.5. The zero-order valence-electron chi connectivity index (χ0n) is 37.5. The number of fused-ring (bicyclic) bond motifs is 7.